The number of aryl methyl sites for hydroxylation is 1. The normalized spacial score (nSPS) is 20.7. The molecule has 15 heavy (non-hydrogen) atoms. The van der Waals surface area contributed by atoms with Gasteiger partial charge in [-0.3, -0.25) is 0 Å². The van der Waals surface area contributed by atoms with Crippen LogP contribution in [0.15, 0.2) is 0 Å². The van der Waals surface area contributed by atoms with Crippen LogP contribution in [0, 0.1) is 11.8 Å². The predicted octanol–water partition coefficient (Wildman–Crippen LogP) is 1.03. The van der Waals surface area contributed by atoms with Crippen molar-refractivity contribution in [3.63, 3.8) is 0 Å². The molecule has 0 radical (unpaired) electrons. The average Bonchev–Trinajstić information content (AvgIpc) is 2.60. The van der Waals surface area contributed by atoms with E-state index in [0.29, 0.717) is 11.8 Å². The number of nitrogens with zero attached hydrogens (tertiary/aromatic N) is 3. The highest BCUT2D eigenvalue weighted by Crippen LogP contribution is 2.20. The smallest absolute Gasteiger partial charge is 0.133 e. The molecule has 1 aromatic heterocycles. The van der Waals surface area contributed by atoms with Crippen LogP contribution in [0.2, 0.25) is 0 Å². The standard InChI is InChI=1S/C11H19N3O/c1-8(2)5-11-13-12-10-4-3-9(7-15)6-14(10)11/h8-9,15H,3-7H2,1-2H3. The van der Waals surface area contributed by atoms with Crippen LogP contribution < -0.4 is 0 Å². The number of aromatic nitrogens is 3. The highest BCUT2D eigenvalue weighted by molar-refractivity contribution is 5.00. The molecule has 0 saturated carbocycles. The number of hydrogen-bond acceptors (Lipinski definition) is 3. The van der Waals surface area contributed by atoms with E-state index in [1.54, 1.807) is 0 Å². The highest BCUT2D eigenvalue weighted by Gasteiger charge is 2.22. The Bertz CT molecular complexity index is 333. The third-order valence-corrected chi connectivity index (χ3v) is 2.97. The van der Waals surface area contributed by atoms with Gasteiger partial charge in [0, 0.05) is 31.9 Å². The van der Waals surface area contributed by atoms with E-state index in [4.69, 9.17) is 0 Å². The van der Waals surface area contributed by atoms with Gasteiger partial charge in [-0.2, -0.15) is 0 Å². The van der Waals surface area contributed by atoms with Gasteiger partial charge in [-0.25, -0.2) is 0 Å². The number of fused-ring (bicyclic) bond motifs is 1. The molecule has 0 bridgehead atoms. The Morgan fingerprint density at radius 3 is 2.93 bits per heavy atom. The summed E-state index contributed by atoms with van der Waals surface area (Å²) in [5.41, 5.74) is 0. The van der Waals surface area contributed by atoms with Crippen molar-refractivity contribution in [1.82, 2.24) is 14.8 Å². The van der Waals surface area contributed by atoms with Crippen molar-refractivity contribution in [2.75, 3.05) is 6.61 Å². The lowest BCUT2D eigenvalue weighted by Gasteiger charge is -2.22. The van der Waals surface area contributed by atoms with Gasteiger partial charge < -0.3 is 9.67 Å². The van der Waals surface area contributed by atoms with Gasteiger partial charge in [-0.05, 0) is 12.3 Å². The molecular formula is C11H19N3O. The van der Waals surface area contributed by atoms with Gasteiger partial charge in [-0.1, -0.05) is 13.8 Å². The SMILES string of the molecule is CC(C)Cc1nnc2n1CC(CO)CC2. The molecule has 2 heterocycles. The highest BCUT2D eigenvalue weighted by atomic mass is 16.3. The van der Waals surface area contributed by atoms with Gasteiger partial charge >= 0.3 is 0 Å². The third-order valence-electron chi connectivity index (χ3n) is 2.97. The second kappa shape index (κ2) is 4.31. The minimum atomic E-state index is 0.277. The predicted molar refractivity (Wildman–Crippen MR) is 57.5 cm³/mol. The quantitative estimate of drug-likeness (QED) is 0.809. The minimum Gasteiger partial charge on any atom is -0.396 e. The van der Waals surface area contributed by atoms with Crippen LogP contribution in [0.4, 0.5) is 0 Å². The first-order chi connectivity index (χ1) is 7.20. The average molecular weight is 209 g/mol. The summed E-state index contributed by atoms with van der Waals surface area (Å²) >= 11 is 0. The summed E-state index contributed by atoms with van der Waals surface area (Å²) in [6, 6.07) is 0. The molecule has 0 aromatic carbocycles. The second-order valence-electron chi connectivity index (χ2n) is 4.83. The second-order valence-corrected chi connectivity index (χ2v) is 4.83. The molecule has 0 fully saturated rings. The molecule has 0 saturated heterocycles. The van der Waals surface area contributed by atoms with Crippen molar-refractivity contribution >= 4 is 0 Å². The van der Waals surface area contributed by atoms with E-state index >= 15 is 0 Å². The van der Waals surface area contributed by atoms with E-state index in [0.717, 1.165) is 37.5 Å². The van der Waals surface area contributed by atoms with Crippen molar-refractivity contribution in [2.24, 2.45) is 11.8 Å². The molecule has 1 N–H and O–H groups in total. The first-order valence-corrected chi connectivity index (χ1v) is 5.72. The lowest BCUT2D eigenvalue weighted by atomic mass is 10.00. The van der Waals surface area contributed by atoms with E-state index in [1.807, 2.05) is 0 Å². The molecule has 1 atom stereocenters. The molecule has 4 heteroatoms. The number of aliphatic hydroxyl groups is 1. The first kappa shape index (κ1) is 10.6. The molecule has 0 amide bonds. The van der Waals surface area contributed by atoms with Crippen LogP contribution in [0.25, 0.3) is 0 Å². The van der Waals surface area contributed by atoms with Gasteiger partial charge in [0.15, 0.2) is 0 Å². The van der Waals surface area contributed by atoms with Crippen LogP contribution in [-0.2, 0) is 19.4 Å². The van der Waals surface area contributed by atoms with Gasteiger partial charge in [0.25, 0.3) is 0 Å². The van der Waals surface area contributed by atoms with Crippen LogP contribution >= 0.6 is 0 Å². The zero-order valence-electron chi connectivity index (χ0n) is 9.48. The molecule has 4 nitrogen and oxygen atoms in total. The fraction of sp³-hybridized carbons (Fsp3) is 0.818. The largest absolute Gasteiger partial charge is 0.396 e. The van der Waals surface area contributed by atoms with E-state index in [-0.39, 0.29) is 6.61 Å². The molecule has 0 aliphatic carbocycles. The Hall–Kier alpha value is -0.900. The topological polar surface area (TPSA) is 50.9 Å². The summed E-state index contributed by atoms with van der Waals surface area (Å²) in [6.07, 6.45) is 2.97. The Morgan fingerprint density at radius 2 is 2.27 bits per heavy atom. The first-order valence-electron chi connectivity index (χ1n) is 5.72. The van der Waals surface area contributed by atoms with E-state index in [1.165, 1.54) is 0 Å². The summed E-state index contributed by atoms with van der Waals surface area (Å²) in [6.45, 7) is 5.54. The van der Waals surface area contributed by atoms with Gasteiger partial charge in [0.05, 0.1) is 0 Å². The van der Waals surface area contributed by atoms with Crippen molar-refractivity contribution < 1.29 is 5.11 Å². The van der Waals surface area contributed by atoms with Crippen LogP contribution in [-0.4, -0.2) is 26.5 Å². The van der Waals surface area contributed by atoms with Crippen LogP contribution in [0.3, 0.4) is 0 Å². The summed E-state index contributed by atoms with van der Waals surface area (Å²) in [7, 11) is 0. The zero-order valence-corrected chi connectivity index (χ0v) is 9.48. The maximum absolute atomic E-state index is 9.17. The summed E-state index contributed by atoms with van der Waals surface area (Å²) in [5.74, 6) is 3.17. The summed E-state index contributed by atoms with van der Waals surface area (Å²) in [4.78, 5) is 0. The fourth-order valence-electron chi connectivity index (χ4n) is 2.12. The molecule has 2 rings (SSSR count). The Kier molecular flexibility index (Phi) is 3.05. The van der Waals surface area contributed by atoms with E-state index < -0.39 is 0 Å². The van der Waals surface area contributed by atoms with Gasteiger partial charge in [-0.15, -0.1) is 10.2 Å². The third kappa shape index (κ3) is 2.20. The maximum Gasteiger partial charge on any atom is 0.133 e. The Morgan fingerprint density at radius 1 is 1.47 bits per heavy atom. The molecule has 84 valence electrons. The maximum atomic E-state index is 9.17. The summed E-state index contributed by atoms with van der Waals surface area (Å²) < 4.78 is 2.20. The van der Waals surface area contributed by atoms with Crippen molar-refractivity contribution in [1.29, 1.82) is 0 Å². The number of aliphatic hydroxyl groups excluding tert-OH is 1. The molecule has 0 spiro atoms. The van der Waals surface area contributed by atoms with Crippen LogP contribution in [0.1, 0.15) is 31.9 Å². The molecule has 1 aliphatic heterocycles. The molecule has 1 aromatic rings. The van der Waals surface area contributed by atoms with Crippen molar-refractivity contribution in [3.05, 3.63) is 11.6 Å². The molecular weight excluding hydrogens is 190 g/mol. The van der Waals surface area contributed by atoms with E-state index in [2.05, 4.69) is 28.6 Å². The van der Waals surface area contributed by atoms with Gasteiger partial charge in [0.2, 0.25) is 0 Å². The Labute approximate surface area is 90.3 Å². The lowest BCUT2D eigenvalue weighted by Crippen LogP contribution is -2.24. The fourth-order valence-corrected chi connectivity index (χ4v) is 2.12. The van der Waals surface area contributed by atoms with Crippen molar-refractivity contribution in [2.45, 2.75) is 39.7 Å². The van der Waals surface area contributed by atoms with E-state index in [9.17, 15) is 5.11 Å². The lowest BCUT2D eigenvalue weighted by molar-refractivity contribution is 0.189. The zero-order chi connectivity index (χ0) is 10.8. The van der Waals surface area contributed by atoms with Crippen molar-refractivity contribution in [3.8, 4) is 0 Å². The molecule has 1 aliphatic rings. The number of hydrogen-bond donors (Lipinski definition) is 1. The summed E-state index contributed by atoms with van der Waals surface area (Å²) in [5, 5.41) is 17.6. The Balaban J connectivity index is 2.18. The molecule has 1 unspecified atom stereocenters. The minimum absolute atomic E-state index is 0.277. The number of rotatable bonds is 3. The van der Waals surface area contributed by atoms with Crippen LogP contribution in [0.5, 0.6) is 0 Å². The van der Waals surface area contributed by atoms with Gasteiger partial charge in [0.1, 0.15) is 11.6 Å². The monoisotopic (exact) mass is 209 g/mol.